The topological polar surface area (TPSA) is 62.0 Å². The molecule has 1 aromatic carbocycles. The zero-order chi connectivity index (χ0) is 19.8. The van der Waals surface area contributed by atoms with Crippen LogP contribution in [0.4, 0.5) is 13.2 Å². The highest BCUT2D eigenvalue weighted by atomic mass is 19.4. The highest BCUT2D eigenvalue weighted by Gasteiger charge is 2.33. The first-order valence-electron chi connectivity index (χ1n) is 8.63. The Morgan fingerprint density at radius 1 is 1.22 bits per heavy atom. The molecule has 1 heterocycles. The average Bonchev–Trinajstić information content (AvgIpc) is 2.90. The van der Waals surface area contributed by atoms with Crippen LogP contribution in [0.5, 0.6) is 0 Å². The Morgan fingerprint density at radius 3 is 2.59 bits per heavy atom. The van der Waals surface area contributed by atoms with Crippen molar-refractivity contribution in [2.24, 2.45) is 0 Å². The minimum Gasteiger partial charge on any atom is -0.341 e. The lowest BCUT2D eigenvalue weighted by Gasteiger charge is -2.19. The highest BCUT2D eigenvalue weighted by Crippen LogP contribution is 2.37. The minimum absolute atomic E-state index is 0.348. The minimum atomic E-state index is -4.67. The van der Waals surface area contributed by atoms with E-state index in [1.807, 2.05) is 38.1 Å². The number of carbonyl (C=O) groups is 1. The molecular formula is C20H19F3N2O2. The molecule has 0 fully saturated rings. The monoisotopic (exact) mass is 376 g/mol. The van der Waals surface area contributed by atoms with E-state index < -0.39 is 29.4 Å². The Morgan fingerprint density at radius 2 is 1.96 bits per heavy atom. The molecule has 1 aliphatic carbocycles. The number of alkyl halides is 3. The second kappa shape index (κ2) is 7.06. The lowest BCUT2D eigenvalue weighted by molar-refractivity contribution is -0.141. The summed E-state index contributed by atoms with van der Waals surface area (Å²) in [5.41, 5.74) is 1.43. The summed E-state index contributed by atoms with van der Waals surface area (Å²) in [6, 6.07) is 7.09. The van der Waals surface area contributed by atoms with E-state index in [1.165, 1.54) is 0 Å². The Balaban J connectivity index is 1.89. The molecule has 1 aromatic heterocycles. The number of aryl methyl sites for hydroxylation is 1. The Kier molecular flexibility index (Phi) is 4.95. The molecule has 142 valence electrons. The van der Waals surface area contributed by atoms with Crippen LogP contribution in [-0.2, 0) is 6.18 Å². The number of amides is 1. The van der Waals surface area contributed by atoms with Crippen molar-refractivity contribution in [2.45, 2.75) is 38.9 Å². The van der Waals surface area contributed by atoms with Gasteiger partial charge in [-0.15, -0.1) is 0 Å². The van der Waals surface area contributed by atoms with Crippen LogP contribution < -0.4 is 10.9 Å². The SMILES string of the molecule is CCCC1=Cc2cc(C)ccc2C1NC(=O)c1ccc(C(F)(F)F)[nH]c1=O. The van der Waals surface area contributed by atoms with Crippen molar-refractivity contribution in [3.8, 4) is 0 Å². The molecule has 0 saturated heterocycles. The summed E-state index contributed by atoms with van der Waals surface area (Å²) in [6.45, 7) is 4.00. The molecule has 1 amide bonds. The number of aromatic amines is 1. The van der Waals surface area contributed by atoms with E-state index in [9.17, 15) is 22.8 Å². The number of nitrogens with one attached hydrogen (secondary N) is 2. The molecule has 7 heteroatoms. The molecule has 0 bridgehead atoms. The normalized spacial score (nSPS) is 16.0. The first kappa shape index (κ1) is 18.9. The van der Waals surface area contributed by atoms with Gasteiger partial charge >= 0.3 is 6.18 Å². The number of fused-ring (bicyclic) bond motifs is 1. The van der Waals surface area contributed by atoms with Gasteiger partial charge in [0.05, 0.1) is 6.04 Å². The van der Waals surface area contributed by atoms with E-state index in [2.05, 4.69) is 5.32 Å². The predicted octanol–water partition coefficient (Wildman–Crippen LogP) is 4.37. The van der Waals surface area contributed by atoms with Gasteiger partial charge in [-0.1, -0.05) is 43.2 Å². The second-order valence-electron chi connectivity index (χ2n) is 6.62. The number of aromatic nitrogens is 1. The van der Waals surface area contributed by atoms with Gasteiger partial charge in [0, 0.05) is 0 Å². The van der Waals surface area contributed by atoms with Crippen molar-refractivity contribution in [2.75, 3.05) is 0 Å². The van der Waals surface area contributed by atoms with Crippen molar-refractivity contribution in [3.05, 3.63) is 74.2 Å². The molecule has 1 aliphatic rings. The third kappa shape index (κ3) is 3.82. The van der Waals surface area contributed by atoms with Gasteiger partial charge in [0.25, 0.3) is 11.5 Å². The van der Waals surface area contributed by atoms with Gasteiger partial charge in [-0.3, -0.25) is 9.59 Å². The van der Waals surface area contributed by atoms with Gasteiger partial charge in [-0.05, 0) is 42.2 Å². The molecule has 0 aliphatic heterocycles. The van der Waals surface area contributed by atoms with E-state index in [0.717, 1.165) is 41.2 Å². The number of carbonyl (C=O) groups excluding carboxylic acids is 1. The van der Waals surface area contributed by atoms with Gasteiger partial charge in [-0.25, -0.2) is 0 Å². The van der Waals surface area contributed by atoms with Crippen LogP contribution in [-0.4, -0.2) is 10.9 Å². The lowest BCUT2D eigenvalue weighted by Crippen LogP contribution is -2.33. The summed E-state index contributed by atoms with van der Waals surface area (Å²) >= 11 is 0. The van der Waals surface area contributed by atoms with Crippen molar-refractivity contribution in [3.63, 3.8) is 0 Å². The zero-order valence-electron chi connectivity index (χ0n) is 14.9. The third-order valence-corrected chi connectivity index (χ3v) is 4.54. The first-order chi connectivity index (χ1) is 12.7. The van der Waals surface area contributed by atoms with Crippen LogP contribution in [0.25, 0.3) is 6.08 Å². The molecule has 3 rings (SSSR count). The van der Waals surface area contributed by atoms with Gasteiger partial charge in [0.1, 0.15) is 11.3 Å². The lowest BCUT2D eigenvalue weighted by atomic mass is 9.99. The summed E-state index contributed by atoms with van der Waals surface area (Å²) in [6.07, 6.45) is -1.00. The van der Waals surface area contributed by atoms with E-state index in [1.54, 1.807) is 4.98 Å². The van der Waals surface area contributed by atoms with Crippen LogP contribution in [0.15, 0.2) is 40.7 Å². The maximum Gasteiger partial charge on any atom is 0.431 e. The van der Waals surface area contributed by atoms with E-state index in [0.29, 0.717) is 6.07 Å². The van der Waals surface area contributed by atoms with Gasteiger partial charge in [0.15, 0.2) is 0 Å². The molecule has 0 radical (unpaired) electrons. The first-order valence-corrected chi connectivity index (χ1v) is 8.63. The Bertz CT molecular complexity index is 974. The van der Waals surface area contributed by atoms with Crippen LogP contribution >= 0.6 is 0 Å². The fourth-order valence-corrected chi connectivity index (χ4v) is 3.27. The largest absolute Gasteiger partial charge is 0.431 e. The van der Waals surface area contributed by atoms with Crippen molar-refractivity contribution in [1.82, 2.24) is 10.3 Å². The van der Waals surface area contributed by atoms with E-state index >= 15 is 0 Å². The molecule has 2 N–H and O–H groups in total. The molecular weight excluding hydrogens is 357 g/mol. The summed E-state index contributed by atoms with van der Waals surface area (Å²) in [5.74, 6) is -0.703. The number of hydrogen-bond acceptors (Lipinski definition) is 2. The van der Waals surface area contributed by atoms with Gasteiger partial charge in [-0.2, -0.15) is 13.2 Å². The number of H-pyrrole nitrogens is 1. The van der Waals surface area contributed by atoms with Crippen LogP contribution in [0.3, 0.4) is 0 Å². The summed E-state index contributed by atoms with van der Waals surface area (Å²) < 4.78 is 38.1. The van der Waals surface area contributed by atoms with Gasteiger partial charge < -0.3 is 10.3 Å². The third-order valence-electron chi connectivity index (χ3n) is 4.54. The highest BCUT2D eigenvalue weighted by molar-refractivity contribution is 5.94. The van der Waals surface area contributed by atoms with Crippen LogP contribution in [0.2, 0.25) is 0 Å². The number of pyridine rings is 1. The molecule has 0 spiro atoms. The zero-order valence-corrected chi connectivity index (χ0v) is 14.9. The van der Waals surface area contributed by atoms with Crippen LogP contribution in [0.1, 0.15) is 58.5 Å². The van der Waals surface area contributed by atoms with Crippen LogP contribution in [0, 0.1) is 6.92 Å². The molecule has 4 nitrogen and oxygen atoms in total. The Labute approximate surface area is 154 Å². The molecule has 2 aromatic rings. The van der Waals surface area contributed by atoms with E-state index in [4.69, 9.17) is 0 Å². The van der Waals surface area contributed by atoms with Gasteiger partial charge in [0.2, 0.25) is 0 Å². The quantitative estimate of drug-likeness (QED) is 0.832. The summed E-state index contributed by atoms with van der Waals surface area (Å²) in [4.78, 5) is 26.3. The van der Waals surface area contributed by atoms with Crippen molar-refractivity contribution >= 4 is 12.0 Å². The molecule has 0 saturated carbocycles. The van der Waals surface area contributed by atoms with Crippen molar-refractivity contribution < 1.29 is 18.0 Å². The number of benzene rings is 1. The summed E-state index contributed by atoms with van der Waals surface area (Å²) in [7, 11) is 0. The fourth-order valence-electron chi connectivity index (χ4n) is 3.27. The maximum atomic E-state index is 12.7. The maximum absolute atomic E-state index is 12.7. The smallest absolute Gasteiger partial charge is 0.341 e. The summed E-state index contributed by atoms with van der Waals surface area (Å²) in [5, 5.41) is 2.80. The molecule has 1 atom stereocenters. The molecule has 27 heavy (non-hydrogen) atoms. The average molecular weight is 376 g/mol. The number of hydrogen-bond donors (Lipinski definition) is 2. The number of halogens is 3. The standard InChI is InChI=1S/C20H19F3N2O2/c1-3-4-12-10-13-9-11(2)5-6-14(13)17(12)25-19(27)15-7-8-16(20(21,22)23)24-18(15)26/h5-10,17H,3-4H2,1-2H3,(H,24,26)(H,25,27). The van der Waals surface area contributed by atoms with E-state index in [-0.39, 0.29) is 5.56 Å². The fraction of sp³-hybridized carbons (Fsp3) is 0.300. The molecule has 1 unspecified atom stereocenters. The number of rotatable bonds is 4. The predicted molar refractivity (Wildman–Crippen MR) is 96.3 cm³/mol. The Hall–Kier alpha value is -2.83. The van der Waals surface area contributed by atoms with Crippen molar-refractivity contribution in [1.29, 1.82) is 0 Å². The second-order valence-corrected chi connectivity index (χ2v) is 6.62.